The molecule has 0 unspecified atom stereocenters. The molecule has 4 rings (SSSR count). The molecule has 1 aromatic carbocycles. The molecule has 1 aliphatic heterocycles. The lowest BCUT2D eigenvalue weighted by atomic mass is 9.94. The van der Waals surface area contributed by atoms with Crippen LogP contribution in [0.1, 0.15) is 59.0 Å². The van der Waals surface area contributed by atoms with Gasteiger partial charge in [-0.1, -0.05) is 25.1 Å². The highest BCUT2D eigenvalue weighted by molar-refractivity contribution is 7.16. The van der Waals surface area contributed by atoms with E-state index in [0.29, 0.717) is 0 Å². The molecule has 0 atom stereocenters. The van der Waals surface area contributed by atoms with Crippen LogP contribution in [-0.4, -0.2) is 19.0 Å². The van der Waals surface area contributed by atoms with Crippen LogP contribution in [0, 0.1) is 5.92 Å². The van der Waals surface area contributed by atoms with Gasteiger partial charge in [0.05, 0.1) is 13.1 Å². The minimum absolute atomic E-state index is 0.0210. The number of amides is 1. The number of quaternary nitrogens is 1. The minimum Gasteiger partial charge on any atom is -0.331 e. The Kier molecular flexibility index (Phi) is 5.41. The van der Waals surface area contributed by atoms with Gasteiger partial charge in [0, 0.05) is 16.0 Å². The van der Waals surface area contributed by atoms with Crippen LogP contribution < -0.4 is 10.2 Å². The Morgan fingerprint density at radius 1 is 1.15 bits per heavy atom. The molecular weight excluding hydrogens is 340 g/mol. The van der Waals surface area contributed by atoms with Crippen molar-refractivity contribution >= 4 is 22.2 Å². The summed E-state index contributed by atoms with van der Waals surface area (Å²) >= 11 is 1.83. The molecule has 3 nitrogen and oxygen atoms in total. The Morgan fingerprint density at radius 3 is 2.65 bits per heavy atom. The van der Waals surface area contributed by atoms with E-state index in [-0.39, 0.29) is 5.91 Å². The molecule has 1 amide bonds. The van der Waals surface area contributed by atoms with E-state index in [0.717, 1.165) is 23.0 Å². The molecule has 0 radical (unpaired) electrons. The number of aryl methyl sites for hydroxylation is 1. The largest absolute Gasteiger partial charge is 0.331 e. The van der Waals surface area contributed by atoms with Gasteiger partial charge in [0.15, 0.2) is 0 Å². The third-order valence-corrected chi connectivity index (χ3v) is 7.20. The van der Waals surface area contributed by atoms with Crippen molar-refractivity contribution in [3.8, 4) is 0 Å². The SMILES string of the molecule is CC1CC[NH+](Cc2c(NC(=O)c3ccccc3)sc3c2CCCC3)CC1. The van der Waals surface area contributed by atoms with Gasteiger partial charge in [0.25, 0.3) is 5.91 Å². The van der Waals surface area contributed by atoms with Crippen LogP contribution in [0.3, 0.4) is 0 Å². The van der Waals surface area contributed by atoms with Gasteiger partial charge in [0.1, 0.15) is 11.5 Å². The number of piperidine rings is 1. The molecule has 2 N–H and O–H groups in total. The second-order valence-electron chi connectivity index (χ2n) is 7.95. The summed E-state index contributed by atoms with van der Waals surface area (Å²) in [5.74, 6) is 0.889. The zero-order valence-electron chi connectivity index (χ0n) is 15.6. The van der Waals surface area contributed by atoms with E-state index < -0.39 is 0 Å². The van der Waals surface area contributed by atoms with E-state index in [1.165, 1.54) is 62.1 Å². The number of likely N-dealkylation sites (tertiary alicyclic amines) is 1. The van der Waals surface area contributed by atoms with Crippen molar-refractivity contribution in [1.29, 1.82) is 0 Å². The van der Waals surface area contributed by atoms with E-state index in [2.05, 4.69) is 12.2 Å². The van der Waals surface area contributed by atoms with Gasteiger partial charge in [-0.3, -0.25) is 4.79 Å². The Hall–Kier alpha value is -1.65. The van der Waals surface area contributed by atoms with Gasteiger partial charge < -0.3 is 10.2 Å². The van der Waals surface area contributed by atoms with E-state index >= 15 is 0 Å². The lowest BCUT2D eigenvalue weighted by molar-refractivity contribution is -0.919. The van der Waals surface area contributed by atoms with E-state index in [4.69, 9.17) is 0 Å². The van der Waals surface area contributed by atoms with Gasteiger partial charge in [-0.2, -0.15) is 0 Å². The topological polar surface area (TPSA) is 33.5 Å². The summed E-state index contributed by atoms with van der Waals surface area (Å²) in [5, 5.41) is 4.36. The first kappa shape index (κ1) is 17.7. The number of nitrogens with one attached hydrogen (secondary N) is 2. The van der Waals surface area contributed by atoms with E-state index in [1.54, 1.807) is 10.5 Å². The lowest BCUT2D eigenvalue weighted by Gasteiger charge is -2.28. The Balaban J connectivity index is 1.57. The minimum atomic E-state index is 0.0210. The van der Waals surface area contributed by atoms with E-state index in [1.807, 2.05) is 41.7 Å². The first-order chi connectivity index (χ1) is 12.7. The molecule has 2 aliphatic rings. The predicted octanol–water partition coefficient (Wildman–Crippen LogP) is 3.69. The van der Waals surface area contributed by atoms with Crippen molar-refractivity contribution in [2.24, 2.45) is 5.92 Å². The van der Waals surface area contributed by atoms with Crippen molar-refractivity contribution in [1.82, 2.24) is 0 Å². The van der Waals surface area contributed by atoms with Crippen LogP contribution in [0.4, 0.5) is 5.00 Å². The van der Waals surface area contributed by atoms with Crippen molar-refractivity contribution in [2.75, 3.05) is 18.4 Å². The van der Waals surface area contributed by atoms with Gasteiger partial charge in [0.2, 0.25) is 0 Å². The average Bonchev–Trinajstić information content (AvgIpc) is 3.01. The smallest absolute Gasteiger partial charge is 0.256 e. The monoisotopic (exact) mass is 369 g/mol. The molecule has 26 heavy (non-hydrogen) atoms. The molecule has 2 aromatic rings. The normalized spacial score (nSPS) is 22.7. The summed E-state index contributed by atoms with van der Waals surface area (Å²) in [4.78, 5) is 15.9. The molecule has 1 saturated heterocycles. The van der Waals surface area contributed by atoms with Crippen LogP contribution in [0.15, 0.2) is 30.3 Å². The van der Waals surface area contributed by atoms with Gasteiger partial charge in [-0.15, -0.1) is 11.3 Å². The highest BCUT2D eigenvalue weighted by Crippen LogP contribution is 2.38. The Morgan fingerprint density at radius 2 is 1.88 bits per heavy atom. The number of carbonyl (C=O) groups excluding carboxylic acids is 1. The number of benzene rings is 1. The number of hydrogen-bond acceptors (Lipinski definition) is 2. The van der Waals surface area contributed by atoms with Gasteiger partial charge in [-0.25, -0.2) is 0 Å². The molecule has 0 bridgehead atoms. The van der Waals surface area contributed by atoms with Crippen molar-refractivity contribution in [3.05, 3.63) is 51.9 Å². The summed E-state index contributed by atoms with van der Waals surface area (Å²) < 4.78 is 0. The maximum Gasteiger partial charge on any atom is 0.256 e. The zero-order valence-corrected chi connectivity index (χ0v) is 16.5. The number of thiophene rings is 1. The van der Waals surface area contributed by atoms with Crippen LogP contribution >= 0.6 is 11.3 Å². The third-order valence-electron chi connectivity index (χ3n) is 5.95. The molecular formula is C22H29N2OS+. The maximum atomic E-state index is 12.7. The molecule has 2 heterocycles. The summed E-state index contributed by atoms with van der Waals surface area (Å²) in [6.07, 6.45) is 7.59. The summed E-state index contributed by atoms with van der Waals surface area (Å²) in [7, 11) is 0. The van der Waals surface area contributed by atoms with Crippen molar-refractivity contribution in [2.45, 2.75) is 52.0 Å². The lowest BCUT2D eigenvalue weighted by Crippen LogP contribution is -3.11. The van der Waals surface area contributed by atoms with Crippen LogP contribution in [0.2, 0.25) is 0 Å². The molecule has 1 aliphatic carbocycles. The molecule has 1 fully saturated rings. The van der Waals surface area contributed by atoms with Gasteiger partial charge in [-0.05, 0) is 62.1 Å². The van der Waals surface area contributed by atoms with Crippen LogP contribution in [0.5, 0.6) is 0 Å². The fourth-order valence-electron chi connectivity index (χ4n) is 4.28. The van der Waals surface area contributed by atoms with E-state index in [9.17, 15) is 4.79 Å². The fourth-order valence-corrected chi connectivity index (χ4v) is 5.58. The van der Waals surface area contributed by atoms with Crippen molar-refractivity contribution in [3.63, 3.8) is 0 Å². The second kappa shape index (κ2) is 7.93. The number of hydrogen-bond donors (Lipinski definition) is 2. The number of anilines is 1. The fraction of sp³-hybridized carbons (Fsp3) is 0.500. The van der Waals surface area contributed by atoms with Crippen LogP contribution in [0.25, 0.3) is 0 Å². The first-order valence-corrected chi connectivity index (χ1v) is 10.9. The summed E-state index contributed by atoms with van der Waals surface area (Å²) in [6, 6.07) is 9.58. The second-order valence-corrected chi connectivity index (χ2v) is 9.05. The van der Waals surface area contributed by atoms with Gasteiger partial charge >= 0.3 is 0 Å². The molecule has 1 aromatic heterocycles. The molecule has 138 valence electrons. The highest BCUT2D eigenvalue weighted by atomic mass is 32.1. The maximum absolute atomic E-state index is 12.7. The predicted molar refractivity (Wildman–Crippen MR) is 108 cm³/mol. The summed E-state index contributed by atoms with van der Waals surface area (Å²) in [5.41, 5.74) is 3.72. The average molecular weight is 370 g/mol. The number of fused-ring (bicyclic) bond motifs is 1. The highest BCUT2D eigenvalue weighted by Gasteiger charge is 2.27. The Labute approximate surface area is 160 Å². The quantitative estimate of drug-likeness (QED) is 0.847. The van der Waals surface area contributed by atoms with Crippen molar-refractivity contribution < 1.29 is 9.69 Å². The molecule has 0 spiro atoms. The molecule has 4 heteroatoms. The molecule has 0 saturated carbocycles. The first-order valence-electron chi connectivity index (χ1n) is 10.0. The summed E-state index contributed by atoms with van der Waals surface area (Å²) in [6.45, 7) is 5.97. The number of rotatable bonds is 4. The third kappa shape index (κ3) is 3.86. The Bertz CT molecular complexity index is 760. The standard InChI is InChI=1S/C22H28N2OS/c1-16-11-13-24(14-12-16)15-19-18-9-5-6-10-20(18)26-22(19)23-21(25)17-7-3-2-4-8-17/h2-4,7-8,16H,5-6,9-15H2,1H3,(H,23,25)/p+1. The zero-order chi connectivity index (χ0) is 17.9. The number of carbonyl (C=O) groups is 1. The van der Waals surface area contributed by atoms with Crippen LogP contribution in [-0.2, 0) is 19.4 Å².